The van der Waals surface area contributed by atoms with E-state index >= 15 is 0 Å². The topological polar surface area (TPSA) is 55.1 Å². The Hall–Kier alpha value is -1.84. The van der Waals surface area contributed by atoms with Crippen molar-refractivity contribution in [2.45, 2.75) is 39.3 Å². The highest BCUT2D eigenvalue weighted by atomic mass is 35.5. The number of hydrogen-bond acceptors (Lipinski definition) is 2. The second kappa shape index (κ2) is 8.70. The van der Waals surface area contributed by atoms with Crippen LogP contribution >= 0.6 is 12.4 Å². The van der Waals surface area contributed by atoms with Gasteiger partial charge in [-0.2, -0.15) is 0 Å². The number of carbonyl (C=O) groups is 1. The fourth-order valence-electron chi connectivity index (χ4n) is 2.24. The molecule has 0 bridgehead atoms. The molecular formula is C19H25ClN2O. The molecule has 0 radical (unpaired) electrons. The van der Waals surface area contributed by atoms with Crippen molar-refractivity contribution >= 4 is 18.3 Å². The van der Waals surface area contributed by atoms with Gasteiger partial charge < -0.3 is 11.1 Å². The van der Waals surface area contributed by atoms with Crippen molar-refractivity contribution in [2.24, 2.45) is 5.73 Å². The molecule has 3 N–H and O–H groups in total. The molecule has 0 heterocycles. The zero-order valence-electron chi connectivity index (χ0n) is 13.9. The second-order valence-corrected chi connectivity index (χ2v) is 6.00. The minimum Gasteiger partial charge on any atom is -0.350 e. The average molecular weight is 333 g/mol. The number of aryl methyl sites for hydroxylation is 1. The number of halogens is 1. The molecular weight excluding hydrogens is 308 g/mol. The molecule has 2 aromatic rings. The lowest BCUT2D eigenvalue weighted by Gasteiger charge is -2.13. The molecule has 1 unspecified atom stereocenters. The van der Waals surface area contributed by atoms with Crippen LogP contribution in [0.25, 0.3) is 0 Å². The number of benzene rings is 2. The minimum absolute atomic E-state index is 0. The Morgan fingerprint density at radius 3 is 2.04 bits per heavy atom. The standard InChI is InChI=1S/C19H24N2O.ClH/c1-13(2)16-10-6-15(7-11-16)12-21-19(22)18(20)17-8-4-14(3)5-9-17;/h4-11,13,18H,12,20H2,1-3H3,(H,21,22);1H. The first kappa shape index (κ1) is 19.2. The van der Waals surface area contributed by atoms with Gasteiger partial charge >= 0.3 is 0 Å². The molecule has 1 atom stereocenters. The van der Waals surface area contributed by atoms with E-state index in [-0.39, 0.29) is 18.3 Å². The maximum Gasteiger partial charge on any atom is 0.241 e. The first-order chi connectivity index (χ1) is 10.5. The summed E-state index contributed by atoms with van der Waals surface area (Å²) in [6, 6.07) is 15.4. The molecule has 0 saturated carbocycles. The van der Waals surface area contributed by atoms with E-state index < -0.39 is 6.04 Å². The highest BCUT2D eigenvalue weighted by Crippen LogP contribution is 2.15. The largest absolute Gasteiger partial charge is 0.350 e. The Kier molecular flexibility index (Phi) is 7.27. The number of amides is 1. The predicted molar refractivity (Wildman–Crippen MR) is 97.7 cm³/mol. The van der Waals surface area contributed by atoms with Crippen molar-refractivity contribution < 1.29 is 4.79 Å². The summed E-state index contributed by atoms with van der Waals surface area (Å²) in [7, 11) is 0. The van der Waals surface area contributed by atoms with Crippen molar-refractivity contribution in [3.05, 3.63) is 70.8 Å². The number of nitrogens with two attached hydrogens (primary N) is 1. The van der Waals surface area contributed by atoms with E-state index in [0.29, 0.717) is 12.5 Å². The molecule has 0 aliphatic rings. The van der Waals surface area contributed by atoms with Gasteiger partial charge in [0.2, 0.25) is 5.91 Å². The van der Waals surface area contributed by atoms with E-state index in [9.17, 15) is 4.79 Å². The van der Waals surface area contributed by atoms with Gasteiger partial charge in [0.15, 0.2) is 0 Å². The SMILES string of the molecule is Cc1ccc(C(N)C(=O)NCc2ccc(C(C)C)cc2)cc1.Cl. The Balaban J connectivity index is 0.00000264. The fraction of sp³-hybridized carbons (Fsp3) is 0.316. The summed E-state index contributed by atoms with van der Waals surface area (Å²) < 4.78 is 0. The highest BCUT2D eigenvalue weighted by Gasteiger charge is 2.15. The average Bonchev–Trinajstić information content (AvgIpc) is 2.53. The van der Waals surface area contributed by atoms with Crippen LogP contribution in [0, 0.1) is 6.92 Å². The van der Waals surface area contributed by atoms with Gasteiger partial charge in [0.25, 0.3) is 0 Å². The summed E-state index contributed by atoms with van der Waals surface area (Å²) in [6.45, 7) is 6.84. The highest BCUT2D eigenvalue weighted by molar-refractivity contribution is 5.85. The number of carbonyl (C=O) groups excluding carboxylic acids is 1. The van der Waals surface area contributed by atoms with Crippen molar-refractivity contribution in [1.29, 1.82) is 0 Å². The van der Waals surface area contributed by atoms with Crippen LogP contribution < -0.4 is 11.1 Å². The van der Waals surface area contributed by atoms with Crippen LogP contribution in [-0.4, -0.2) is 5.91 Å². The summed E-state index contributed by atoms with van der Waals surface area (Å²) in [4.78, 5) is 12.1. The van der Waals surface area contributed by atoms with Crippen molar-refractivity contribution in [2.75, 3.05) is 0 Å². The predicted octanol–water partition coefficient (Wildman–Crippen LogP) is 3.86. The molecule has 0 saturated heterocycles. The number of hydrogen-bond donors (Lipinski definition) is 2. The van der Waals surface area contributed by atoms with Gasteiger partial charge in [-0.1, -0.05) is 67.9 Å². The normalized spacial score (nSPS) is 11.7. The molecule has 3 nitrogen and oxygen atoms in total. The third-order valence-corrected chi connectivity index (χ3v) is 3.83. The summed E-state index contributed by atoms with van der Waals surface area (Å²) >= 11 is 0. The molecule has 1 amide bonds. The first-order valence-corrected chi connectivity index (χ1v) is 7.66. The number of nitrogens with one attached hydrogen (secondary N) is 1. The van der Waals surface area contributed by atoms with Gasteiger partial charge in [-0.05, 0) is 29.5 Å². The van der Waals surface area contributed by atoms with Crippen LogP contribution in [0.1, 0.15) is 48.1 Å². The number of rotatable bonds is 5. The summed E-state index contributed by atoms with van der Waals surface area (Å²) in [5.41, 5.74) is 10.4. The minimum atomic E-state index is -0.629. The maximum absolute atomic E-state index is 12.1. The summed E-state index contributed by atoms with van der Waals surface area (Å²) in [6.07, 6.45) is 0. The third kappa shape index (κ3) is 5.38. The molecule has 0 aliphatic carbocycles. The van der Waals surface area contributed by atoms with Gasteiger partial charge in [-0.15, -0.1) is 12.4 Å². The van der Waals surface area contributed by atoms with Crippen molar-refractivity contribution in [3.8, 4) is 0 Å². The van der Waals surface area contributed by atoms with Gasteiger partial charge in [0, 0.05) is 6.54 Å². The molecule has 124 valence electrons. The quantitative estimate of drug-likeness (QED) is 0.873. The van der Waals surface area contributed by atoms with Crippen LogP contribution in [0.5, 0.6) is 0 Å². The molecule has 23 heavy (non-hydrogen) atoms. The van der Waals surface area contributed by atoms with E-state index in [1.54, 1.807) is 0 Å². The molecule has 0 aromatic heterocycles. The van der Waals surface area contributed by atoms with Gasteiger partial charge in [0.05, 0.1) is 0 Å². The summed E-state index contributed by atoms with van der Waals surface area (Å²) in [5.74, 6) is 0.357. The molecule has 4 heteroatoms. The van der Waals surface area contributed by atoms with Crippen LogP contribution in [0.2, 0.25) is 0 Å². The monoisotopic (exact) mass is 332 g/mol. The Bertz CT molecular complexity index is 621. The van der Waals surface area contributed by atoms with Crippen molar-refractivity contribution in [3.63, 3.8) is 0 Å². The smallest absolute Gasteiger partial charge is 0.241 e. The summed E-state index contributed by atoms with van der Waals surface area (Å²) in [5, 5.41) is 2.90. The first-order valence-electron chi connectivity index (χ1n) is 7.66. The zero-order valence-corrected chi connectivity index (χ0v) is 14.7. The van der Waals surface area contributed by atoms with Crippen molar-refractivity contribution in [1.82, 2.24) is 5.32 Å². The molecule has 0 spiro atoms. The van der Waals surface area contributed by atoms with E-state index in [2.05, 4.69) is 31.3 Å². The third-order valence-electron chi connectivity index (χ3n) is 3.83. The molecule has 2 aromatic carbocycles. The van der Waals surface area contributed by atoms with Gasteiger partial charge in [-0.25, -0.2) is 0 Å². The zero-order chi connectivity index (χ0) is 16.1. The molecule has 0 fully saturated rings. The van der Waals surface area contributed by atoms with E-state index in [0.717, 1.165) is 16.7 Å². The Labute approximate surface area is 144 Å². The molecule has 0 aliphatic heterocycles. The Morgan fingerprint density at radius 2 is 1.52 bits per heavy atom. The lowest BCUT2D eigenvalue weighted by atomic mass is 10.0. The van der Waals surface area contributed by atoms with E-state index in [4.69, 9.17) is 5.73 Å². The second-order valence-electron chi connectivity index (χ2n) is 6.00. The lowest BCUT2D eigenvalue weighted by Crippen LogP contribution is -2.33. The van der Waals surface area contributed by atoms with Gasteiger partial charge in [0.1, 0.15) is 6.04 Å². The van der Waals surface area contributed by atoms with Crippen LogP contribution in [0.4, 0.5) is 0 Å². The van der Waals surface area contributed by atoms with Crippen LogP contribution in [0.15, 0.2) is 48.5 Å². The van der Waals surface area contributed by atoms with Crippen LogP contribution in [0.3, 0.4) is 0 Å². The maximum atomic E-state index is 12.1. The van der Waals surface area contributed by atoms with Gasteiger partial charge in [-0.3, -0.25) is 4.79 Å². The van der Waals surface area contributed by atoms with Crippen LogP contribution in [-0.2, 0) is 11.3 Å². The van der Waals surface area contributed by atoms with E-state index in [1.807, 2.05) is 43.3 Å². The fourth-order valence-corrected chi connectivity index (χ4v) is 2.24. The van der Waals surface area contributed by atoms with E-state index in [1.165, 1.54) is 5.56 Å². The lowest BCUT2D eigenvalue weighted by molar-refractivity contribution is -0.122. The Morgan fingerprint density at radius 1 is 1.00 bits per heavy atom. The molecule has 2 rings (SSSR count).